The van der Waals surface area contributed by atoms with Crippen LogP contribution in [0.4, 0.5) is 0 Å². The number of sulfonamides is 1. The Kier molecular flexibility index (Phi) is 4.29. The summed E-state index contributed by atoms with van der Waals surface area (Å²) in [6, 6.07) is 5.39. The van der Waals surface area contributed by atoms with E-state index in [0.29, 0.717) is 5.75 Å². The number of ether oxygens (including phenoxy) is 1. The molecule has 2 N–H and O–H groups in total. The molecule has 1 aromatic carbocycles. The number of methoxy groups -OCH3 is 1. The molecule has 6 nitrogen and oxygen atoms in total. The molecule has 1 aliphatic rings. The van der Waals surface area contributed by atoms with Gasteiger partial charge in [0.1, 0.15) is 5.75 Å². The summed E-state index contributed by atoms with van der Waals surface area (Å²) in [7, 11) is -2.21. The minimum Gasteiger partial charge on any atom is -0.497 e. The van der Waals surface area contributed by atoms with E-state index in [1.807, 2.05) is 0 Å². The van der Waals surface area contributed by atoms with Gasteiger partial charge >= 0.3 is 0 Å². The van der Waals surface area contributed by atoms with Crippen LogP contribution < -0.4 is 14.8 Å². The van der Waals surface area contributed by atoms with Crippen LogP contribution in [-0.4, -0.2) is 33.5 Å². The van der Waals surface area contributed by atoms with Gasteiger partial charge in [-0.2, -0.15) is 4.72 Å². The summed E-state index contributed by atoms with van der Waals surface area (Å²) in [5.41, 5.74) is 0. The van der Waals surface area contributed by atoms with Gasteiger partial charge in [-0.15, -0.1) is 0 Å². The quantitative estimate of drug-likeness (QED) is 0.807. The highest BCUT2D eigenvalue weighted by atomic mass is 32.2. The van der Waals surface area contributed by atoms with Gasteiger partial charge in [-0.1, -0.05) is 0 Å². The summed E-state index contributed by atoms with van der Waals surface area (Å²) in [6.45, 7) is 1.53. The van der Waals surface area contributed by atoms with E-state index in [9.17, 15) is 13.2 Å². The average Bonchev–Trinajstić information content (AvgIpc) is 3.22. The molecule has 0 saturated heterocycles. The van der Waals surface area contributed by atoms with E-state index >= 15 is 0 Å². The highest BCUT2D eigenvalue weighted by molar-refractivity contribution is 7.89. The van der Waals surface area contributed by atoms with Crippen molar-refractivity contribution in [2.75, 3.05) is 7.11 Å². The number of carbonyl (C=O) groups excluding carboxylic acids is 1. The normalized spacial score (nSPS) is 16.5. The second-order valence-electron chi connectivity index (χ2n) is 4.80. The van der Waals surface area contributed by atoms with Crippen molar-refractivity contribution in [3.05, 3.63) is 24.3 Å². The predicted octanol–water partition coefficient (Wildman–Crippen LogP) is 0.641. The highest BCUT2D eigenvalue weighted by Gasteiger charge is 2.28. The fourth-order valence-corrected chi connectivity index (χ4v) is 2.87. The first-order chi connectivity index (χ1) is 9.42. The Hall–Kier alpha value is -1.60. The van der Waals surface area contributed by atoms with Crippen LogP contribution in [0.1, 0.15) is 19.8 Å². The van der Waals surface area contributed by atoms with Crippen LogP contribution in [0.15, 0.2) is 29.2 Å². The molecular formula is C13H18N2O4S. The number of nitrogens with one attached hydrogen (secondary N) is 2. The Labute approximate surface area is 118 Å². The molecule has 1 fully saturated rings. The molecule has 2 rings (SSSR count). The lowest BCUT2D eigenvalue weighted by atomic mass is 10.3. The Balaban J connectivity index is 2.03. The second-order valence-corrected chi connectivity index (χ2v) is 6.52. The lowest BCUT2D eigenvalue weighted by Crippen LogP contribution is -2.45. The third kappa shape index (κ3) is 3.71. The van der Waals surface area contributed by atoms with Crippen LogP contribution in [0, 0.1) is 0 Å². The number of hydrogen-bond acceptors (Lipinski definition) is 4. The zero-order chi connectivity index (χ0) is 14.8. The zero-order valence-electron chi connectivity index (χ0n) is 11.4. The van der Waals surface area contributed by atoms with Gasteiger partial charge in [-0.25, -0.2) is 8.42 Å². The smallest absolute Gasteiger partial charge is 0.241 e. The third-order valence-corrected chi connectivity index (χ3v) is 4.58. The summed E-state index contributed by atoms with van der Waals surface area (Å²) in [4.78, 5) is 11.8. The molecular weight excluding hydrogens is 280 g/mol. The molecule has 0 radical (unpaired) electrons. The molecule has 0 bridgehead atoms. The van der Waals surface area contributed by atoms with Crippen LogP contribution in [0.5, 0.6) is 5.75 Å². The standard InChI is InChI=1S/C13H18N2O4S/c1-9(13(16)14-10-3-4-10)15-20(17,18)12-7-5-11(19-2)6-8-12/h5-10,15H,3-4H2,1-2H3,(H,14,16)/t9-/m0/s1. The number of benzene rings is 1. The Morgan fingerprint density at radius 2 is 1.90 bits per heavy atom. The van der Waals surface area contributed by atoms with Crippen LogP contribution in [-0.2, 0) is 14.8 Å². The SMILES string of the molecule is COc1ccc(S(=O)(=O)N[C@@H](C)C(=O)NC2CC2)cc1. The summed E-state index contributed by atoms with van der Waals surface area (Å²) in [5.74, 6) is 0.271. The average molecular weight is 298 g/mol. The molecule has 0 aliphatic heterocycles. The van der Waals surface area contributed by atoms with E-state index in [1.54, 1.807) is 12.1 Å². The van der Waals surface area contributed by atoms with Gasteiger partial charge in [-0.05, 0) is 44.0 Å². The van der Waals surface area contributed by atoms with Gasteiger partial charge in [0.25, 0.3) is 0 Å². The van der Waals surface area contributed by atoms with E-state index in [2.05, 4.69) is 10.0 Å². The first-order valence-corrected chi connectivity index (χ1v) is 7.87. The van der Waals surface area contributed by atoms with Crippen LogP contribution >= 0.6 is 0 Å². The van der Waals surface area contributed by atoms with Crippen LogP contribution in [0.2, 0.25) is 0 Å². The lowest BCUT2D eigenvalue weighted by Gasteiger charge is -2.14. The lowest BCUT2D eigenvalue weighted by molar-refractivity contribution is -0.122. The van der Waals surface area contributed by atoms with Crippen molar-refractivity contribution in [3.63, 3.8) is 0 Å². The minimum atomic E-state index is -3.71. The van der Waals surface area contributed by atoms with E-state index in [1.165, 1.54) is 26.2 Å². The van der Waals surface area contributed by atoms with Gasteiger partial charge < -0.3 is 10.1 Å². The monoisotopic (exact) mass is 298 g/mol. The maximum Gasteiger partial charge on any atom is 0.241 e. The van der Waals surface area contributed by atoms with Crippen molar-refractivity contribution in [1.82, 2.24) is 10.0 Å². The molecule has 1 saturated carbocycles. The van der Waals surface area contributed by atoms with Crippen molar-refractivity contribution in [3.8, 4) is 5.75 Å². The van der Waals surface area contributed by atoms with E-state index in [4.69, 9.17) is 4.74 Å². The van der Waals surface area contributed by atoms with E-state index in [-0.39, 0.29) is 16.8 Å². The van der Waals surface area contributed by atoms with Gasteiger partial charge in [0.15, 0.2) is 0 Å². The van der Waals surface area contributed by atoms with E-state index in [0.717, 1.165) is 12.8 Å². The topological polar surface area (TPSA) is 84.5 Å². The number of amides is 1. The molecule has 0 aromatic heterocycles. The Morgan fingerprint density at radius 1 is 1.30 bits per heavy atom. The number of hydrogen-bond donors (Lipinski definition) is 2. The maximum absolute atomic E-state index is 12.1. The molecule has 7 heteroatoms. The third-order valence-electron chi connectivity index (χ3n) is 3.02. The molecule has 1 aliphatic carbocycles. The van der Waals surface area contributed by atoms with Crippen molar-refractivity contribution < 1.29 is 17.9 Å². The first kappa shape index (κ1) is 14.8. The summed E-state index contributed by atoms with van der Waals surface area (Å²) in [6.07, 6.45) is 1.92. The molecule has 20 heavy (non-hydrogen) atoms. The second kappa shape index (κ2) is 5.80. The van der Waals surface area contributed by atoms with Gasteiger partial charge in [0, 0.05) is 6.04 Å². The molecule has 0 spiro atoms. The van der Waals surface area contributed by atoms with Gasteiger partial charge in [-0.3, -0.25) is 4.79 Å². The van der Waals surface area contributed by atoms with Crippen LogP contribution in [0.25, 0.3) is 0 Å². The molecule has 1 amide bonds. The Bertz CT molecular complexity index is 579. The van der Waals surface area contributed by atoms with Crippen molar-refractivity contribution in [1.29, 1.82) is 0 Å². The van der Waals surface area contributed by atoms with Crippen molar-refractivity contribution in [2.45, 2.75) is 36.7 Å². The summed E-state index contributed by atoms with van der Waals surface area (Å²) >= 11 is 0. The van der Waals surface area contributed by atoms with Gasteiger partial charge in [0.2, 0.25) is 15.9 Å². The highest BCUT2D eigenvalue weighted by Crippen LogP contribution is 2.19. The predicted molar refractivity (Wildman–Crippen MR) is 73.9 cm³/mol. The number of carbonyl (C=O) groups is 1. The fourth-order valence-electron chi connectivity index (χ4n) is 1.66. The molecule has 1 atom stereocenters. The molecule has 110 valence electrons. The maximum atomic E-state index is 12.1. The van der Waals surface area contributed by atoms with Gasteiger partial charge in [0.05, 0.1) is 18.0 Å². The van der Waals surface area contributed by atoms with E-state index < -0.39 is 16.1 Å². The van der Waals surface area contributed by atoms with Crippen molar-refractivity contribution >= 4 is 15.9 Å². The largest absolute Gasteiger partial charge is 0.497 e. The molecule has 0 heterocycles. The zero-order valence-corrected chi connectivity index (χ0v) is 12.2. The van der Waals surface area contributed by atoms with Crippen molar-refractivity contribution in [2.24, 2.45) is 0 Å². The molecule has 0 unspecified atom stereocenters. The summed E-state index contributed by atoms with van der Waals surface area (Å²) < 4.78 is 31.6. The minimum absolute atomic E-state index is 0.101. The first-order valence-electron chi connectivity index (χ1n) is 6.39. The molecule has 1 aromatic rings. The summed E-state index contributed by atoms with van der Waals surface area (Å²) in [5, 5.41) is 2.76. The fraction of sp³-hybridized carbons (Fsp3) is 0.462. The number of rotatable bonds is 6. The Morgan fingerprint density at radius 3 is 2.40 bits per heavy atom. The van der Waals surface area contributed by atoms with Crippen LogP contribution in [0.3, 0.4) is 0 Å².